The zero-order chi connectivity index (χ0) is 36.3. The average Bonchev–Trinajstić information content (AvgIpc) is 3.55. The average molecular weight is 732 g/mol. The first-order chi connectivity index (χ1) is 24.4. The Morgan fingerprint density at radius 2 is 1.84 bits per heavy atom. The number of rotatable bonds is 13. The summed E-state index contributed by atoms with van der Waals surface area (Å²) in [5.74, 6) is 0.555. The van der Waals surface area contributed by atoms with Crippen LogP contribution >= 0.6 is 0 Å². The van der Waals surface area contributed by atoms with Gasteiger partial charge in [0.15, 0.2) is 11.6 Å². The zero-order valence-electron chi connectivity index (χ0n) is 30.6. The summed E-state index contributed by atoms with van der Waals surface area (Å²) in [6, 6.07) is 3.55. The smallest absolute Gasteiger partial charge is 0.280 e. The number of nitrogens with one attached hydrogen (secondary N) is 1. The van der Waals surface area contributed by atoms with E-state index in [4.69, 9.17) is 14.2 Å². The molecule has 3 atom stereocenters. The van der Waals surface area contributed by atoms with Gasteiger partial charge in [-0.2, -0.15) is 17.4 Å². The highest BCUT2D eigenvalue weighted by molar-refractivity contribution is 7.87. The van der Waals surface area contributed by atoms with Gasteiger partial charge in [0, 0.05) is 62.9 Å². The Hall–Kier alpha value is -2.95. The van der Waals surface area contributed by atoms with E-state index in [1.54, 1.807) is 22.5 Å². The summed E-state index contributed by atoms with van der Waals surface area (Å²) in [5.41, 5.74) is 0.342. The SMILES string of the molecule is COC[C@@H]1CCCN1S(=O)(=O)N[C@@H]1CC[C@@H](CN2CCC3(CC2)CN(c2ncncc2Oc2ccc(F)cc2C(=O)N(C(C)C)C(C)C)C3)OC1. The molecule has 1 N–H and O–H groups in total. The lowest BCUT2D eigenvalue weighted by Gasteiger charge is -2.54. The minimum atomic E-state index is -3.58. The molecule has 4 saturated heterocycles. The third-order valence-corrected chi connectivity index (χ3v) is 12.5. The highest BCUT2D eigenvalue weighted by Crippen LogP contribution is 2.45. The maximum Gasteiger partial charge on any atom is 0.280 e. The van der Waals surface area contributed by atoms with Gasteiger partial charge in [0.25, 0.3) is 16.1 Å². The molecule has 1 aromatic carbocycles. The predicted octanol–water partition coefficient (Wildman–Crippen LogP) is 4.06. The van der Waals surface area contributed by atoms with Crippen LogP contribution in [0.5, 0.6) is 11.5 Å². The van der Waals surface area contributed by atoms with Crippen molar-refractivity contribution in [1.29, 1.82) is 0 Å². The van der Waals surface area contributed by atoms with Crippen LogP contribution in [0.4, 0.5) is 10.2 Å². The number of carbonyl (C=O) groups excluding carboxylic acids is 1. The number of aromatic nitrogens is 2. The number of likely N-dealkylation sites (tertiary alicyclic amines) is 1. The standard InChI is InChI=1S/C36H54FN7O6S/c1-25(2)44(26(3)4)35(45)31-17-27(37)8-11-32(31)50-33-18-38-24-39-34(33)42-22-36(23-42)12-15-41(16-13-36)19-30-10-9-28(20-49-30)40-51(46,47)43-14-6-7-29(43)21-48-5/h8,11,17-18,24-26,28-30,40H,6-7,9-10,12-16,19-23H2,1-5H3/t28-,29+,30+/m1/s1. The normalized spacial score (nSPS) is 24.3. The molecule has 15 heteroatoms. The third-order valence-electron chi connectivity index (χ3n) is 10.8. The van der Waals surface area contributed by atoms with Gasteiger partial charge in [0.2, 0.25) is 0 Å². The first-order valence-electron chi connectivity index (χ1n) is 18.3. The van der Waals surface area contributed by atoms with E-state index in [1.807, 2.05) is 27.7 Å². The molecule has 0 unspecified atom stereocenters. The quantitative estimate of drug-likeness (QED) is 0.322. The minimum absolute atomic E-state index is 0.0707. The van der Waals surface area contributed by atoms with Gasteiger partial charge in [0.1, 0.15) is 17.9 Å². The number of ether oxygens (including phenoxy) is 3. The molecule has 4 aliphatic heterocycles. The summed E-state index contributed by atoms with van der Waals surface area (Å²) < 4.78 is 62.6. The number of piperidine rings is 1. The van der Waals surface area contributed by atoms with Crippen LogP contribution in [0, 0.1) is 11.2 Å². The Bertz CT molecular complexity index is 1600. The molecule has 5 heterocycles. The summed E-state index contributed by atoms with van der Waals surface area (Å²) in [7, 11) is -1.98. The predicted molar refractivity (Wildman–Crippen MR) is 192 cm³/mol. The Labute approximate surface area is 302 Å². The lowest BCUT2D eigenvalue weighted by molar-refractivity contribution is -0.0301. The number of hydrogen-bond donors (Lipinski definition) is 1. The van der Waals surface area contributed by atoms with E-state index >= 15 is 0 Å². The number of amides is 1. The van der Waals surface area contributed by atoms with Crippen LogP contribution in [-0.4, -0.2) is 128 Å². The number of methoxy groups -OCH3 is 1. The number of nitrogens with zero attached hydrogens (tertiary/aromatic N) is 6. The maximum absolute atomic E-state index is 14.4. The van der Waals surface area contributed by atoms with Crippen LogP contribution in [0.1, 0.15) is 76.6 Å². The third kappa shape index (κ3) is 8.65. The van der Waals surface area contributed by atoms with Crippen LogP contribution in [-0.2, 0) is 19.7 Å². The van der Waals surface area contributed by atoms with E-state index in [-0.39, 0.29) is 52.9 Å². The molecule has 1 aromatic heterocycles. The van der Waals surface area contributed by atoms with E-state index in [0.29, 0.717) is 31.3 Å². The summed E-state index contributed by atoms with van der Waals surface area (Å²) in [5, 5.41) is 0. The fraction of sp³-hybridized carbons (Fsp3) is 0.694. The van der Waals surface area contributed by atoms with Gasteiger partial charge < -0.3 is 28.9 Å². The van der Waals surface area contributed by atoms with Crippen molar-refractivity contribution in [3.05, 3.63) is 42.1 Å². The first-order valence-corrected chi connectivity index (χ1v) is 19.8. The van der Waals surface area contributed by atoms with Crippen molar-refractivity contribution in [2.75, 3.05) is 64.5 Å². The number of halogens is 1. The second-order valence-electron chi connectivity index (χ2n) is 15.2. The maximum atomic E-state index is 14.4. The Morgan fingerprint density at radius 3 is 2.51 bits per heavy atom. The van der Waals surface area contributed by atoms with E-state index in [9.17, 15) is 17.6 Å². The highest BCUT2D eigenvalue weighted by Gasteiger charge is 2.46. The fourth-order valence-electron chi connectivity index (χ4n) is 8.23. The first kappa shape index (κ1) is 37.8. The van der Waals surface area contributed by atoms with E-state index < -0.39 is 16.0 Å². The monoisotopic (exact) mass is 731 g/mol. The van der Waals surface area contributed by atoms with Crippen molar-refractivity contribution >= 4 is 21.9 Å². The molecule has 1 spiro atoms. The van der Waals surface area contributed by atoms with Crippen LogP contribution in [0.25, 0.3) is 0 Å². The van der Waals surface area contributed by atoms with Crippen molar-refractivity contribution in [1.82, 2.24) is 28.8 Å². The lowest BCUT2D eigenvalue weighted by atomic mass is 9.72. The Balaban J connectivity index is 0.991. The molecule has 51 heavy (non-hydrogen) atoms. The lowest BCUT2D eigenvalue weighted by Crippen LogP contribution is -2.61. The fourth-order valence-corrected chi connectivity index (χ4v) is 9.91. The molecule has 1 amide bonds. The van der Waals surface area contributed by atoms with Gasteiger partial charge in [-0.15, -0.1) is 0 Å². The van der Waals surface area contributed by atoms with Gasteiger partial charge in [-0.25, -0.2) is 14.4 Å². The van der Waals surface area contributed by atoms with Crippen LogP contribution in [0.3, 0.4) is 0 Å². The summed E-state index contributed by atoms with van der Waals surface area (Å²) >= 11 is 0. The summed E-state index contributed by atoms with van der Waals surface area (Å²) in [6.07, 6.45) is 8.52. The molecule has 282 valence electrons. The van der Waals surface area contributed by atoms with Crippen molar-refractivity contribution < 1.29 is 31.8 Å². The molecular formula is C36H54FN7O6S. The molecule has 4 aliphatic rings. The van der Waals surface area contributed by atoms with Crippen molar-refractivity contribution in [3.8, 4) is 11.5 Å². The Kier molecular flexibility index (Phi) is 11.8. The van der Waals surface area contributed by atoms with Crippen molar-refractivity contribution in [2.45, 2.75) is 96.5 Å². The van der Waals surface area contributed by atoms with Crippen LogP contribution in [0.2, 0.25) is 0 Å². The van der Waals surface area contributed by atoms with E-state index in [0.717, 1.165) is 71.2 Å². The topological polar surface area (TPSA) is 130 Å². The number of hydrogen-bond acceptors (Lipinski definition) is 10. The van der Waals surface area contributed by atoms with Gasteiger partial charge in [-0.1, -0.05) is 0 Å². The number of benzene rings is 1. The summed E-state index contributed by atoms with van der Waals surface area (Å²) in [6.45, 7) is 13.5. The van der Waals surface area contributed by atoms with Crippen LogP contribution < -0.4 is 14.4 Å². The molecule has 13 nitrogen and oxygen atoms in total. The van der Waals surface area contributed by atoms with Gasteiger partial charge in [0.05, 0.1) is 31.1 Å². The van der Waals surface area contributed by atoms with Gasteiger partial charge in [-0.05, 0) is 97.5 Å². The van der Waals surface area contributed by atoms with E-state index in [2.05, 4.69) is 24.5 Å². The largest absolute Gasteiger partial charge is 0.451 e. The molecule has 0 saturated carbocycles. The van der Waals surface area contributed by atoms with Crippen molar-refractivity contribution in [3.63, 3.8) is 0 Å². The van der Waals surface area contributed by atoms with E-state index in [1.165, 1.54) is 24.5 Å². The number of carbonyl (C=O) groups is 1. The number of anilines is 1. The molecule has 6 rings (SSSR count). The van der Waals surface area contributed by atoms with Crippen molar-refractivity contribution in [2.24, 2.45) is 5.41 Å². The zero-order valence-corrected chi connectivity index (χ0v) is 31.4. The van der Waals surface area contributed by atoms with Crippen LogP contribution in [0.15, 0.2) is 30.7 Å². The van der Waals surface area contributed by atoms with Gasteiger partial charge in [-0.3, -0.25) is 4.79 Å². The molecular weight excluding hydrogens is 678 g/mol. The Morgan fingerprint density at radius 1 is 1.10 bits per heavy atom. The highest BCUT2D eigenvalue weighted by atomic mass is 32.2. The molecule has 0 aliphatic carbocycles. The molecule has 0 radical (unpaired) electrons. The summed E-state index contributed by atoms with van der Waals surface area (Å²) in [4.78, 5) is 28.7. The molecule has 0 bridgehead atoms. The van der Waals surface area contributed by atoms with Gasteiger partial charge >= 0.3 is 0 Å². The molecule has 2 aromatic rings. The minimum Gasteiger partial charge on any atom is -0.451 e. The second kappa shape index (κ2) is 16.0. The molecule has 4 fully saturated rings. The second-order valence-corrected chi connectivity index (χ2v) is 16.9.